The molecule has 4 nitrogen and oxygen atoms in total. The third-order valence-corrected chi connectivity index (χ3v) is 4.47. The van der Waals surface area contributed by atoms with Crippen LogP contribution in [0.5, 0.6) is 0 Å². The predicted octanol–water partition coefficient (Wildman–Crippen LogP) is 5.06. The second kappa shape index (κ2) is 9.02. The molecule has 0 spiro atoms. The van der Waals surface area contributed by atoms with E-state index in [0.717, 1.165) is 5.56 Å². The van der Waals surface area contributed by atoms with Gasteiger partial charge in [0, 0.05) is 16.3 Å². The normalized spacial score (nSPS) is 11.0. The average Bonchev–Trinajstić information content (AvgIpc) is 2.71. The summed E-state index contributed by atoms with van der Waals surface area (Å²) in [5, 5.41) is 6.03. The van der Waals surface area contributed by atoms with Crippen LogP contribution in [0.1, 0.15) is 21.5 Å². The number of amides is 2. The van der Waals surface area contributed by atoms with Gasteiger partial charge in [0.25, 0.3) is 11.8 Å². The minimum atomic E-state index is -0.432. The van der Waals surface area contributed by atoms with Gasteiger partial charge in [-0.25, -0.2) is 0 Å². The molecule has 0 radical (unpaired) electrons. The van der Waals surface area contributed by atoms with Crippen molar-refractivity contribution in [2.45, 2.75) is 6.92 Å². The fourth-order valence-electron chi connectivity index (χ4n) is 2.59. The molecule has 0 aliphatic carbocycles. The quantitative estimate of drug-likeness (QED) is 0.598. The van der Waals surface area contributed by atoms with Crippen LogP contribution in [0.2, 0.25) is 5.02 Å². The highest BCUT2D eigenvalue weighted by atomic mass is 35.5. The Labute approximate surface area is 168 Å². The zero-order chi connectivity index (χ0) is 19.9. The highest BCUT2D eigenvalue weighted by Crippen LogP contribution is 2.19. The molecule has 3 aromatic rings. The van der Waals surface area contributed by atoms with Crippen molar-refractivity contribution < 1.29 is 9.59 Å². The van der Waals surface area contributed by atoms with E-state index in [-0.39, 0.29) is 11.6 Å². The monoisotopic (exact) mass is 390 g/mol. The van der Waals surface area contributed by atoms with Crippen LogP contribution in [0.4, 0.5) is 5.69 Å². The summed E-state index contributed by atoms with van der Waals surface area (Å²) >= 11 is 6.22. The van der Waals surface area contributed by atoms with E-state index in [0.29, 0.717) is 21.8 Å². The van der Waals surface area contributed by atoms with Crippen molar-refractivity contribution in [3.63, 3.8) is 0 Å². The molecule has 0 saturated carbocycles. The molecule has 0 saturated heterocycles. The van der Waals surface area contributed by atoms with Crippen LogP contribution in [-0.4, -0.2) is 11.8 Å². The van der Waals surface area contributed by atoms with Crippen LogP contribution in [0.25, 0.3) is 6.08 Å². The molecule has 0 heterocycles. The van der Waals surface area contributed by atoms with Crippen LogP contribution in [-0.2, 0) is 4.79 Å². The number of anilines is 1. The van der Waals surface area contributed by atoms with Gasteiger partial charge in [-0.05, 0) is 48.4 Å². The Kier molecular flexibility index (Phi) is 6.25. The summed E-state index contributed by atoms with van der Waals surface area (Å²) in [7, 11) is 0. The fourth-order valence-corrected chi connectivity index (χ4v) is 2.78. The average molecular weight is 391 g/mol. The molecule has 0 bridgehead atoms. The summed E-state index contributed by atoms with van der Waals surface area (Å²) in [5.41, 5.74) is 2.78. The highest BCUT2D eigenvalue weighted by molar-refractivity contribution is 6.32. The smallest absolute Gasteiger partial charge is 0.272 e. The zero-order valence-electron chi connectivity index (χ0n) is 15.3. The number of hydrogen-bond acceptors (Lipinski definition) is 2. The maximum atomic E-state index is 12.9. The maximum absolute atomic E-state index is 12.9. The van der Waals surface area contributed by atoms with Crippen molar-refractivity contribution in [1.29, 1.82) is 0 Å². The molecule has 3 aromatic carbocycles. The second-order valence-corrected chi connectivity index (χ2v) is 6.58. The van der Waals surface area contributed by atoms with E-state index in [9.17, 15) is 9.59 Å². The van der Waals surface area contributed by atoms with Crippen LogP contribution < -0.4 is 10.6 Å². The standard InChI is InChI=1S/C23H19ClN2O2/c1-16-9-5-8-14-20(16)25-23(28)21(15-18-12-6-7-13-19(18)24)26-22(27)17-10-3-2-4-11-17/h2-15H,1H3,(H,25,28)(H,26,27)/b21-15+. The number of para-hydroxylation sites is 1. The van der Waals surface area contributed by atoms with E-state index in [4.69, 9.17) is 11.6 Å². The first-order chi connectivity index (χ1) is 13.5. The first kappa shape index (κ1) is 19.4. The lowest BCUT2D eigenvalue weighted by molar-refractivity contribution is -0.113. The molecule has 2 N–H and O–H groups in total. The molecule has 0 atom stereocenters. The Morgan fingerprint density at radius 3 is 2.21 bits per heavy atom. The molecule has 3 rings (SSSR count). The lowest BCUT2D eigenvalue weighted by atomic mass is 10.1. The lowest BCUT2D eigenvalue weighted by Crippen LogP contribution is -2.30. The fraction of sp³-hybridized carbons (Fsp3) is 0.0435. The zero-order valence-corrected chi connectivity index (χ0v) is 16.0. The third kappa shape index (κ3) is 4.87. The van der Waals surface area contributed by atoms with Gasteiger partial charge in [-0.15, -0.1) is 0 Å². The van der Waals surface area contributed by atoms with E-state index in [1.807, 2.05) is 37.3 Å². The molecular weight excluding hydrogens is 372 g/mol. The van der Waals surface area contributed by atoms with Crippen molar-refractivity contribution in [1.82, 2.24) is 5.32 Å². The summed E-state index contributed by atoms with van der Waals surface area (Å²) in [6.45, 7) is 1.90. The number of carbonyl (C=O) groups excluding carboxylic acids is 2. The van der Waals surface area contributed by atoms with Crippen LogP contribution >= 0.6 is 11.6 Å². The molecule has 0 unspecified atom stereocenters. The van der Waals surface area contributed by atoms with Crippen molar-refractivity contribution >= 4 is 35.2 Å². The van der Waals surface area contributed by atoms with Gasteiger partial charge in [-0.2, -0.15) is 0 Å². The van der Waals surface area contributed by atoms with Gasteiger partial charge >= 0.3 is 0 Å². The minimum absolute atomic E-state index is 0.102. The minimum Gasteiger partial charge on any atom is -0.320 e. The first-order valence-electron chi connectivity index (χ1n) is 8.74. The van der Waals surface area contributed by atoms with Gasteiger partial charge in [0.05, 0.1) is 0 Å². The lowest BCUT2D eigenvalue weighted by Gasteiger charge is -2.13. The molecule has 0 fully saturated rings. The Hall–Kier alpha value is -3.37. The summed E-state index contributed by atoms with van der Waals surface area (Å²) in [6, 6.07) is 23.3. The molecule has 28 heavy (non-hydrogen) atoms. The van der Waals surface area contributed by atoms with Gasteiger partial charge in [0.2, 0.25) is 0 Å². The van der Waals surface area contributed by atoms with Gasteiger partial charge in [-0.3, -0.25) is 9.59 Å². The van der Waals surface area contributed by atoms with Crippen LogP contribution in [0, 0.1) is 6.92 Å². The molecule has 140 valence electrons. The van der Waals surface area contributed by atoms with Crippen LogP contribution in [0.3, 0.4) is 0 Å². The topological polar surface area (TPSA) is 58.2 Å². The van der Waals surface area contributed by atoms with E-state index in [1.165, 1.54) is 0 Å². The van der Waals surface area contributed by atoms with Crippen LogP contribution in [0.15, 0.2) is 84.6 Å². The van der Waals surface area contributed by atoms with E-state index < -0.39 is 5.91 Å². The number of nitrogens with one attached hydrogen (secondary N) is 2. The SMILES string of the molecule is Cc1ccccc1NC(=O)/C(=C\c1ccccc1Cl)NC(=O)c1ccccc1. The Morgan fingerprint density at radius 1 is 0.857 bits per heavy atom. The summed E-state index contributed by atoms with van der Waals surface area (Å²) in [5.74, 6) is -0.808. The van der Waals surface area contributed by atoms with Gasteiger partial charge in [0.15, 0.2) is 0 Å². The molecule has 0 aliphatic rings. The number of aryl methyl sites for hydroxylation is 1. The maximum Gasteiger partial charge on any atom is 0.272 e. The van der Waals surface area contributed by atoms with E-state index in [1.54, 1.807) is 54.6 Å². The molecule has 5 heteroatoms. The molecule has 2 amide bonds. The van der Waals surface area contributed by atoms with Gasteiger partial charge in [0.1, 0.15) is 5.70 Å². The number of hydrogen-bond donors (Lipinski definition) is 2. The number of carbonyl (C=O) groups is 2. The van der Waals surface area contributed by atoms with Crippen molar-refractivity contribution in [3.8, 4) is 0 Å². The van der Waals surface area contributed by atoms with E-state index in [2.05, 4.69) is 10.6 Å². The summed E-state index contributed by atoms with van der Waals surface area (Å²) in [6.07, 6.45) is 1.57. The number of rotatable bonds is 5. The number of benzene rings is 3. The summed E-state index contributed by atoms with van der Waals surface area (Å²) < 4.78 is 0. The predicted molar refractivity (Wildman–Crippen MR) is 113 cm³/mol. The summed E-state index contributed by atoms with van der Waals surface area (Å²) in [4.78, 5) is 25.5. The molecular formula is C23H19ClN2O2. The van der Waals surface area contributed by atoms with E-state index >= 15 is 0 Å². The highest BCUT2D eigenvalue weighted by Gasteiger charge is 2.16. The van der Waals surface area contributed by atoms with Crippen molar-refractivity contribution in [2.75, 3.05) is 5.32 Å². The largest absolute Gasteiger partial charge is 0.320 e. The van der Waals surface area contributed by atoms with Crippen molar-refractivity contribution in [2.24, 2.45) is 0 Å². The Bertz CT molecular complexity index is 1030. The Balaban J connectivity index is 1.92. The second-order valence-electron chi connectivity index (χ2n) is 6.17. The Morgan fingerprint density at radius 2 is 1.50 bits per heavy atom. The van der Waals surface area contributed by atoms with Gasteiger partial charge < -0.3 is 10.6 Å². The molecule has 0 aliphatic heterocycles. The number of halogens is 1. The third-order valence-electron chi connectivity index (χ3n) is 4.13. The van der Waals surface area contributed by atoms with Gasteiger partial charge in [-0.1, -0.05) is 66.2 Å². The molecule has 0 aromatic heterocycles. The van der Waals surface area contributed by atoms with Crippen molar-refractivity contribution in [3.05, 3.63) is 106 Å². The first-order valence-corrected chi connectivity index (χ1v) is 9.12.